The van der Waals surface area contributed by atoms with Crippen molar-refractivity contribution in [1.82, 2.24) is 4.90 Å². The number of aliphatic carboxylic acids is 1. The second-order valence-corrected chi connectivity index (χ2v) is 4.05. The van der Waals surface area contributed by atoms with E-state index in [1.54, 1.807) is 0 Å². The van der Waals surface area contributed by atoms with Crippen LogP contribution in [0.4, 0.5) is 13.2 Å². The maximum atomic E-state index is 12.0. The van der Waals surface area contributed by atoms with Crippen molar-refractivity contribution >= 4 is 17.7 Å². The van der Waals surface area contributed by atoms with Crippen LogP contribution in [0.25, 0.3) is 0 Å². The van der Waals surface area contributed by atoms with E-state index in [1.807, 2.05) is 6.26 Å². The number of rotatable bonds is 7. The maximum absolute atomic E-state index is 12.0. The summed E-state index contributed by atoms with van der Waals surface area (Å²) in [4.78, 5) is 11.2. The van der Waals surface area contributed by atoms with Crippen molar-refractivity contribution < 1.29 is 23.1 Å². The molecule has 15 heavy (non-hydrogen) atoms. The van der Waals surface area contributed by atoms with E-state index in [1.165, 1.54) is 11.8 Å². The zero-order chi connectivity index (χ0) is 11.9. The molecule has 0 spiro atoms. The molecule has 3 nitrogen and oxygen atoms in total. The Morgan fingerprint density at radius 2 is 2.07 bits per heavy atom. The maximum Gasteiger partial charge on any atom is 0.401 e. The number of carboxylic acids is 1. The van der Waals surface area contributed by atoms with Gasteiger partial charge in [-0.05, 0) is 25.0 Å². The van der Waals surface area contributed by atoms with Crippen molar-refractivity contribution in [2.45, 2.75) is 12.6 Å². The van der Waals surface area contributed by atoms with Crippen molar-refractivity contribution in [3.63, 3.8) is 0 Å². The Bertz CT molecular complexity index is 199. The molecule has 1 N–H and O–H groups in total. The molecule has 0 atom stereocenters. The standard InChI is InChI=1S/C8H14F3NO2S/c1-15-4-2-3-12(5-7(13)14)6-8(9,10)11/h2-6H2,1H3,(H,13,14). The predicted molar refractivity (Wildman–Crippen MR) is 53.1 cm³/mol. The molecule has 0 bridgehead atoms. The van der Waals surface area contributed by atoms with E-state index in [4.69, 9.17) is 5.11 Å². The van der Waals surface area contributed by atoms with E-state index in [0.29, 0.717) is 6.42 Å². The molecule has 0 amide bonds. The highest BCUT2D eigenvalue weighted by molar-refractivity contribution is 7.98. The molecular weight excluding hydrogens is 231 g/mol. The van der Waals surface area contributed by atoms with Crippen molar-refractivity contribution in [3.8, 4) is 0 Å². The van der Waals surface area contributed by atoms with E-state index < -0.39 is 25.2 Å². The van der Waals surface area contributed by atoms with E-state index >= 15 is 0 Å². The van der Waals surface area contributed by atoms with E-state index in [0.717, 1.165) is 10.7 Å². The van der Waals surface area contributed by atoms with Crippen molar-refractivity contribution in [2.24, 2.45) is 0 Å². The van der Waals surface area contributed by atoms with Crippen LogP contribution in [0.3, 0.4) is 0 Å². The molecule has 0 heterocycles. The molecule has 90 valence electrons. The third-order valence-electron chi connectivity index (χ3n) is 1.58. The van der Waals surface area contributed by atoms with Gasteiger partial charge in [0.05, 0.1) is 13.1 Å². The van der Waals surface area contributed by atoms with Gasteiger partial charge in [0.25, 0.3) is 0 Å². The summed E-state index contributed by atoms with van der Waals surface area (Å²) < 4.78 is 36.1. The highest BCUT2D eigenvalue weighted by Gasteiger charge is 2.31. The number of hydrogen-bond acceptors (Lipinski definition) is 3. The van der Waals surface area contributed by atoms with Crippen LogP contribution in [0, 0.1) is 0 Å². The SMILES string of the molecule is CSCCCN(CC(=O)O)CC(F)(F)F. The summed E-state index contributed by atoms with van der Waals surface area (Å²) in [5, 5.41) is 8.42. The summed E-state index contributed by atoms with van der Waals surface area (Å²) in [7, 11) is 0. The van der Waals surface area contributed by atoms with Gasteiger partial charge in [-0.25, -0.2) is 0 Å². The number of carboxylic acid groups (broad SMARTS) is 1. The zero-order valence-electron chi connectivity index (χ0n) is 8.38. The highest BCUT2D eigenvalue weighted by Crippen LogP contribution is 2.16. The van der Waals surface area contributed by atoms with E-state index in [9.17, 15) is 18.0 Å². The number of alkyl halides is 3. The highest BCUT2D eigenvalue weighted by atomic mass is 32.2. The van der Waals surface area contributed by atoms with Gasteiger partial charge in [0.15, 0.2) is 0 Å². The molecule has 0 aromatic heterocycles. The molecule has 0 saturated heterocycles. The molecule has 0 rings (SSSR count). The van der Waals surface area contributed by atoms with Crippen molar-refractivity contribution in [1.29, 1.82) is 0 Å². The Hall–Kier alpha value is -0.430. The minimum Gasteiger partial charge on any atom is -0.480 e. The molecule has 0 fully saturated rings. The third kappa shape index (κ3) is 9.86. The summed E-state index contributed by atoms with van der Waals surface area (Å²) >= 11 is 1.53. The second-order valence-electron chi connectivity index (χ2n) is 3.07. The molecule has 0 radical (unpaired) electrons. The van der Waals surface area contributed by atoms with E-state index in [-0.39, 0.29) is 6.54 Å². The first-order valence-electron chi connectivity index (χ1n) is 4.35. The van der Waals surface area contributed by atoms with Crippen LogP contribution in [0.1, 0.15) is 6.42 Å². The fourth-order valence-corrected chi connectivity index (χ4v) is 1.51. The second kappa shape index (κ2) is 6.95. The Balaban J connectivity index is 4.01. The summed E-state index contributed by atoms with van der Waals surface area (Å²) in [5.41, 5.74) is 0. The van der Waals surface area contributed by atoms with Crippen LogP contribution < -0.4 is 0 Å². The lowest BCUT2D eigenvalue weighted by molar-refractivity contribution is -0.153. The van der Waals surface area contributed by atoms with Crippen LogP contribution in [0.2, 0.25) is 0 Å². The molecule has 0 aliphatic heterocycles. The molecule has 0 aromatic rings. The molecule has 7 heteroatoms. The average molecular weight is 245 g/mol. The lowest BCUT2D eigenvalue weighted by Crippen LogP contribution is -2.38. The number of nitrogens with zero attached hydrogens (tertiary/aromatic N) is 1. The van der Waals surface area contributed by atoms with E-state index in [2.05, 4.69) is 0 Å². The number of thioether (sulfide) groups is 1. The fraction of sp³-hybridized carbons (Fsp3) is 0.875. The summed E-state index contributed by atoms with van der Waals surface area (Å²) in [6.45, 7) is -1.56. The van der Waals surface area contributed by atoms with Crippen molar-refractivity contribution in [2.75, 3.05) is 31.6 Å². The summed E-state index contributed by atoms with van der Waals surface area (Å²) in [5.74, 6) is -0.503. The van der Waals surface area contributed by atoms with Crippen molar-refractivity contribution in [3.05, 3.63) is 0 Å². The van der Waals surface area contributed by atoms with Gasteiger partial charge in [0.1, 0.15) is 0 Å². The molecule has 0 saturated carbocycles. The Kier molecular flexibility index (Phi) is 6.75. The minimum atomic E-state index is -4.34. The van der Waals surface area contributed by atoms with Gasteiger partial charge >= 0.3 is 12.1 Å². The Morgan fingerprint density at radius 1 is 1.47 bits per heavy atom. The minimum absolute atomic E-state index is 0.159. The molecule has 0 aromatic carbocycles. The lowest BCUT2D eigenvalue weighted by atomic mass is 10.4. The van der Waals surface area contributed by atoms with Crippen LogP contribution in [-0.4, -0.2) is 53.8 Å². The van der Waals surface area contributed by atoms with Gasteiger partial charge in [0, 0.05) is 0 Å². The first kappa shape index (κ1) is 14.6. The number of halogens is 3. The van der Waals surface area contributed by atoms with Gasteiger partial charge in [-0.1, -0.05) is 0 Å². The third-order valence-corrected chi connectivity index (χ3v) is 2.28. The van der Waals surface area contributed by atoms with Gasteiger partial charge in [-0.15, -0.1) is 0 Å². The summed E-state index contributed by atoms with van der Waals surface area (Å²) in [6, 6.07) is 0. The van der Waals surface area contributed by atoms with Crippen LogP contribution in [0.5, 0.6) is 0 Å². The van der Waals surface area contributed by atoms with Crippen LogP contribution in [-0.2, 0) is 4.79 Å². The van der Waals surface area contributed by atoms with Crippen LogP contribution in [0.15, 0.2) is 0 Å². The molecule has 0 aliphatic rings. The topological polar surface area (TPSA) is 40.5 Å². The molecule has 0 unspecified atom stereocenters. The first-order valence-corrected chi connectivity index (χ1v) is 5.74. The predicted octanol–water partition coefficient (Wildman–Crippen LogP) is 1.69. The normalized spacial score (nSPS) is 12.1. The summed E-state index contributed by atoms with van der Waals surface area (Å²) in [6.07, 6.45) is -1.93. The fourth-order valence-electron chi connectivity index (χ4n) is 1.09. The lowest BCUT2D eigenvalue weighted by Gasteiger charge is -2.21. The largest absolute Gasteiger partial charge is 0.480 e. The van der Waals surface area contributed by atoms with Gasteiger partial charge in [-0.2, -0.15) is 24.9 Å². The first-order chi connectivity index (χ1) is 6.85. The number of carbonyl (C=O) groups is 1. The zero-order valence-corrected chi connectivity index (χ0v) is 9.20. The Labute approximate surface area is 90.6 Å². The Morgan fingerprint density at radius 3 is 2.47 bits per heavy atom. The monoisotopic (exact) mass is 245 g/mol. The average Bonchev–Trinajstić information content (AvgIpc) is 2.00. The van der Waals surface area contributed by atoms with Crippen LogP contribution >= 0.6 is 11.8 Å². The van der Waals surface area contributed by atoms with Gasteiger partial charge < -0.3 is 5.11 Å². The molecule has 0 aliphatic carbocycles. The smallest absolute Gasteiger partial charge is 0.401 e. The number of hydrogen-bond donors (Lipinski definition) is 1. The van der Waals surface area contributed by atoms with Gasteiger partial charge in [-0.3, -0.25) is 9.69 Å². The quantitative estimate of drug-likeness (QED) is 0.693. The molecular formula is C8H14F3NO2S. The van der Waals surface area contributed by atoms with Gasteiger partial charge in [0.2, 0.25) is 0 Å².